The number of hydrogen-bond donors (Lipinski definition) is 1. The SMILES string of the molecule is C[SiH](C)OC(C)(OC(C)(C)C)C(=O)O. The minimum atomic E-state index is -1.52. The maximum absolute atomic E-state index is 11.0. The third-order valence-corrected chi connectivity index (χ3v) is 2.27. The van der Waals surface area contributed by atoms with Crippen molar-refractivity contribution in [2.24, 2.45) is 0 Å². The molecule has 0 saturated carbocycles. The van der Waals surface area contributed by atoms with E-state index in [1.54, 1.807) is 20.8 Å². The predicted octanol–water partition coefficient (Wildman–Crippen LogP) is 1.60. The molecule has 0 aromatic heterocycles. The highest BCUT2D eigenvalue weighted by atomic mass is 28.3. The van der Waals surface area contributed by atoms with Crippen LogP contribution in [0.15, 0.2) is 0 Å². The summed E-state index contributed by atoms with van der Waals surface area (Å²) < 4.78 is 10.8. The second kappa shape index (κ2) is 4.42. The highest BCUT2D eigenvalue weighted by Crippen LogP contribution is 2.22. The van der Waals surface area contributed by atoms with Gasteiger partial charge in [0.25, 0.3) is 5.79 Å². The van der Waals surface area contributed by atoms with Crippen LogP contribution in [0.5, 0.6) is 0 Å². The molecule has 5 heteroatoms. The van der Waals surface area contributed by atoms with Crippen molar-refractivity contribution < 1.29 is 19.1 Å². The Kier molecular flexibility index (Phi) is 4.29. The lowest BCUT2D eigenvalue weighted by Crippen LogP contribution is -2.48. The van der Waals surface area contributed by atoms with Gasteiger partial charge in [0.15, 0.2) is 9.04 Å². The summed E-state index contributed by atoms with van der Waals surface area (Å²) in [6, 6.07) is 0. The Morgan fingerprint density at radius 2 is 1.64 bits per heavy atom. The van der Waals surface area contributed by atoms with Crippen molar-refractivity contribution in [3.63, 3.8) is 0 Å². The summed E-state index contributed by atoms with van der Waals surface area (Å²) in [5.41, 5.74) is -0.531. The van der Waals surface area contributed by atoms with E-state index >= 15 is 0 Å². The average Bonchev–Trinajstić information content (AvgIpc) is 1.79. The number of ether oxygens (including phenoxy) is 1. The molecule has 1 unspecified atom stereocenters. The first-order valence-electron chi connectivity index (χ1n) is 4.68. The maximum atomic E-state index is 11.0. The van der Waals surface area contributed by atoms with Gasteiger partial charge in [-0.3, -0.25) is 0 Å². The lowest BCUT2D eigenvalue weighted by atomic mass is 10.1. The van der Waals surface area contributed by atoms with Crippen molar-refractivity contribution in [1.29, 1.82) is 0 Å². The zero-order valence-corrected chi connectivity index (χ0v) is 10.9. The lowest BCUT2D eigenvalue weighted by Gasteiger charge is -2.34. The normalized spacial score (nSPS) is 16.8. The van der Waals surface area contributed by atoms with Crippen LogP contribution >= 0.6 is 0 Å². The fourth-order valence-corrected chi connectivity index (χ4v) is 2.20. The number of carboxylic acids is 1. The van der Waals surface area contributed by atoms with E-state index in [0.29, 0.717) is 0 Å². The Hall–Kier alpha value is -0.393. The average molecular weight is 220 g/mol. The molecule has 0 heterocycles. The smallest absolute Gasteiger partial charge is 0.363 e. The van der Waals surface area contributed by atoms with Crippen molar-refractivity contribution >= 4 is 15.0 Å². The maximum Gasteiger partial charge on any atom is 0.363 e. The van der Waals surface area contributed by atoms with Crippen LogP contribution in [0.3, 0.4) is 0 Å². The van der Waals surface area contributed by atoms with Gasteiger partial charge in [0.2, 0.25) is 0 Å². The van der Waals surface area contributed by atoms with E-state index in [2.05, 4.69) is 0 Å². The third kappa shape index (κ3) is 4.73. The Balaban J connectivity index is 4.65. The zero-order valence-electron chi connectivity index (χ0n) is 9.75. The Bertz CT molecular complexity index is 209. The molecule has 0 spiro atoms. The number of hydrogen-bond acceptors (Lipinski definition) is 3. The Morgan fingerprint density at radius 1 is 1.21 bits per heavy atom. The molecule has 0 radical (unpaired) electrons. The second-order valence-electron chi connectivity index (χ2n) is 4.63. The Labute approximate surface area is 86.9 Å². The van der Waals surface area contributed by atoms with E-state index in [0.717, 1.165) is 0 Å². The van der Waals surface area contributed by atoms with Crippen LogP contribution in [0.25, 0.3) is 0 Å². The largest absolute Gasteiger partial charge is 0.477 e. The van der Waals surface area contributed by atoms with E-state index in [1.807, 2.05) is 13.1 Å². The topological polar surface area (TPSA) is 55.8 Å². The Morgan fingerprint density at radius 3 is 1.86 bits per heavy atom. The molecule has 1 N–H and O–H groups in total. The first-order valence-corrected chi connectivity index (χ1v) is 7.46. The molecular formula is C9H20O4Si. The zero-order chi connectivity index (χ0) is 11.6. The summed E-state index contributed by atoms with van der Waals surface area (Å²) in [7, 11) is -1.45. The fourth-order valence-electron chi connectivity index (χ4n) is 1.15. The first kappa shape index (κ1) is 13.6. The molecule has 0 rings (SSSR count). The van der Waals surface area contributed by atoms with Crippen LogP contribution in [0, 0.1) is 0 Å². The van der Waals surface area contributed by atoms with Gasteiger partial charge in [0.1, 0.15) is 0 Å². The molecule has 0 aromatic carbocycles. The van der Waals surface area contributed by atoms with Gasteiger partial charge in [-0.25, -0.2) is 4.79 Å². The number of carbonyl (C=O) groups is 1. The third-order valence-electron chi connectivity index (χ3n) is 1.35. The summed E-state index contributed by atoms with van der Waals surface area (Å²) in [5, 5.41) is 9.02. The van der Waals surface area contributed by atoms with Gasteiger partial charge in [0, 0.05) is 6.92 Å². The molecule has 0 aliphatic carbocycles. The van der Waals surface area contributed by atoms with Crippen LogP contribution in [0.4, 0.5) is 0 Å². The molecule has 4 nitrogen and oxygen atoms in total. The molecule has 0 aliphatic rings. The van der Waals surface area contributed by atoms with Crippen molar-refractivity contribution in [2.45, 2.75) is 52.2 Å². The van der Waals surface area contributed by atoms with E-state index in [-0.39, 0.29) is 0 Å². The monoisotopic (exact) mass is 220 g/mol. The van der Waals surface area contributed by atoms with E-state index in [4.69, 9.17) is 14.3 Å². The van der Waals surface area contributed by atoms with Gasteiger partial charge >= 0.3 is 5.97 Å². The van der Waals surface area contributed by atoms with Crippen molar-refractivity contribution in [1.82, 2.24) is 0 Å². The van der Waals surface area contributed by atoms with E-state index < -0.39 is 26.4 Å². The fraction of sp³-hybridized carbons (Fsp3) is 0.889. The molecule has 14 heavy (non-hydrogen) atoms. The molecule has 1 atom stereocenters. The van der Waals surface area contributed by atoms with Gasteiger partial charge in [0.05, 0.1) is 5.60 Å². The quantitative estimate of drug-likeness (QED) is 0.577. The molecule has 0 bridgehead atoms. The van der Waals surface area contributed by atoms with Crippen LogP contribution in [-0.2, 0) is 14.0 Å². The van der Waals surface area contributed by atoms with E-state index in [1.165, 1.54) is 6.92 Å². The van der Waals surface area contributed by atoms with Gasteiger partial charge in [-0.15, -0.1) is 0 Å². The van der Waals surface area contributed by atoms with Crippen molar-refractivity contribution in [3.05, 3.63) is 0 Å². The number of carboxylic acid groups (broad SMARTS) is 1. The van der Waals surface area contributed by atoms with Crippen LogP contribution in [0.2, 0.25) is 13.1 Å². The van der Waals surface area contributed by atoms with Crippen molar-refractivity contribution in [2.75, 3.05) is 0 Å². The lowest BCUT2D eigenvalue weighted by molar-refractivity contribution is -0.237. The van der Waals surface area contributed by atoms with E-state index in [9.17, 15) is 4.79 Å². The van der Waals surface area contributed by atoms with Crippen LogP contribution in [-0.4, -0.2) is 31.5 Å². The van der Waals surface area contributed by atoms with Gasteiger partial charge in [-0.2, -0.15) is 0 Å². The number of rotatable bonds is 4. The standard InChI is InChI=1S/C9H20O4Si/c1-8(2,3)12-9(4,7(10)11)13-14(5)6/h14H,1-6H3,(H,10,11). The number of aliphatic carboxylic acids is 1. The van der Waals surface area contributed by atoms with Gasteiger partial charge < -0.3 is 14.3 Å². The second-order valence-corrected chi connectivity index (χ2v) is 6.97. The minimum Gasteiger partial charge on any atom is -0.477 e. The predicted molar refractivity (Wildman–Crippen MR) is 56.8 cm³/mol. The molecule has 0 aromatic rings. The summed E-state index contributed by atoms with van der Waals surface area (Å²) in [6.45, 7) is 10.7. The molecule has 0 aliphatic heterocycles. The van der Waals surface area contributed by atoms with Crippen molar-refractivity contribution in [3.8, 4) is 0 Å². The van der Waals surface area contributed by atoms with Gasteiger partial charge in [-0.05, 0) is 33.9 Å². The summed E-state index contributed by atoms with van der Waals surface area (Å²) in [4.78, 5) is 11.0. The summed E-state index contributed by atoms with van der Waals surface area (Å²) in [5.74, 6) is -2.59. The molecule has 0 amide bonds. The molecule has 0 fully saturated rings. The molecular weight excluding hydrogens is 200 g/mol. The minimum absolute atomic E-state index is 0.531. The highest BCUT2D eigenvalue weighted by molar-refractivity contribution is 6.48. The molecule has 0 saturated heterocycles. The summed E-state index contributed by atoms with van der Waals surface area (Å²) in [6.07, 6.45) is 0. The van der Waals surface area contributed by atoms with Crippen LogP contribution < -0.4 is 0 Å². The van der Waals surface area contributed by atoms with Crippen LogP contribution in [0.1, 0.15) is 27.7 Å². The van der Waals surface area contributed by atoms with Gasteiger partial charge in [-0.1, -0.05) is 0 Å². The first-order chi connectivity index (χ1) is 6.07. The summed E-state index contributed by atoms with van der Waals surface area (Å²) >= 11 is 0. The molecule has 84 valence electrons. The highest BCUT2D eigenvalue weighted by Gasteiger charge is 2.40.